The van der Waals surface area contributed by atoms with Crippen LogP contribution in [-0.4, -0.2) is 53.7 Å². The molecule has 2 heterocycles. The molecule has 0 aliphatic heterocycles. The number of aryl methyl sites for hydroxylation is 1. The van der Waals surface area contributed by atoms with Gasteiger partial charge in [0.05, 0.1) is 34.9 Å². The Balaban J connectivity index is 1.56. The predicted octanol–water partition coefficient (Wildman–Crippen LogP) is 4.50. The Kier molecular flexibility index (Phi) is 10.6. The Labute approximate surface area is 243 Å². The number of nitrogens with two attached hydrogens (primary N) is 2. The van der Waals surface area contributed by atoms with E-state index in [0.29, 0.717) is 53.5 Å². The number of nitrogens with zero attached hydrogens (tertiary/aromatic N) is 3. The second kappa shape index (κ2) is 14.4. The minimum atomic E-state index is -0.520. The molecule has 11 heteroatoms. The van der Waals surface area contributed by atoms with Crippen LogP contribution in [0.4, 0.5) is 4.39 Å². The normalized spacial score (nSPS) is 12.8. The molecule has 6 N–H and O–H groups in total. The van der Waals surface area contributed by atoms with Crippen LogP contribution in [0, 0.1) is 5.82 Å². The van der Waals surface area contributed by atoms with E-state index in [1.165, 1.54) is 4.57 Å². The van der Waals surface area contributed by atoms with Crippen LogP contribution in [0.1, 0.15) is 43.4 Å². The van der Waals surface area contributed by atoms with E-state index in [-0.39, 0.29) is 11.1 Å². The van der Waals surface area contributed by atoms with Gasteiger partial charge < -0.3 is 26.5 Å². The number of fused-ring (bicyclic) bond motifs is 1. The topological polar surface area (TPSA) is 136 Å². The first-order chi connectivity index (χ1) is 19.8. The maximum Gasteiger partial charge on any atom is 0.354 e. The zero-order valence-electron chi connectivity index (χ0n) is 23.4. The second-order valence-electron chi connectivity index (χ2n) is 10.00. The van der Waals surface area contributed by atoms with Gasteiger partial charge in [-0.05, 0) is 87.2 Å². The van der Waals surface area contributed by atoms with Crippen molar-refractivity contribution in [3.63, 3.8) is 0 Å². The van der Waals surface area contributed by atoms with E-state index in [2.05, 4.69) is 20.3 Å². The minimum absolute atomic E-state index is 0.0191. The van der Waals surface area contributed by atoms with Crippen LogP contribution in [0.2, 0.25) is 5.02 Å². The molecule has 1 unspecified atom stereocenters. The first-order valence-electron chi connectivity index (χ1n) is 13.7. The number of halogens is 2. The molecule has 0 aliphatic rings. The second-order valence-corrected chi connectivity index (χ2v) is 10.4. The zero-order chi connectivity index (χ0) is 29.4. The number of nitrogens with one attached hydrogen (secondary N) is 2. The molecule has 0 fully saturated rings. The maximum atomic E-state index is 15.0. The van der Waals surface area contributed by atoms with Crippen LogP contribution in [0.25, 0.3) is 28.0 Å². The highest BCUT2D eigenvalue weighted by molar-refractivity contribution is 6.31. The molecule has 218 valence electrons. The Morgan fingerprint density at radius 3 is 2.71 bits per heavy atom. The molecule has 41 heavy (non-hydrogen) atoms. The van der Waals surface area contributed by atoms with Crippen LogP contribution in [0.5, 0.6) is 0 Å². The average Bonchev–Trinajstić information content (AvgIpc) is 3.36. The number of rotatable bonds is 14. The summed E-state index contributed by atoms with van der Waals surface area (Å²) >= 11 is 6.21. The summed E-state index contributed by atoms with van der Waals surface area (Å²) in [5, 5.41) is 4.21. The molecule has 0 aliphatic carbocycles. The molecule has 2 aromatic heterocycles. The summed E-state index contributed by atoms with van der Waals surface area (Å²) in [6, 6.07) is 12.8. The van der Waals surface area contributed by atoms with Gasteiger partial charge in [0.2, 0.25) is 0 Å². The Hall–Kier alpha value is -3.57. The fraction of sp³-hybridized carbons (Fsp3) is 0.367. The number of amidine groups is 1. The lowest BCUT2D eigenvalue weighted by Gasteiger charge is -2.19. The van der Waals surface area contributed by atoms with Crippen molar-refractivity contribution < 1.29 is 9.13 Å². The highest BCUT2D eigenvalue weighted by Crippen LogP contribution is 2.31. The zero-order valence-corrected chi connectivity index (χ0v) is 24.2. The Morgan fingerprint density at radius 1 is 1.22 bits per heavy atom. The molecule has 0 saturated carbocycles. The summed E-state index contributed by atoms with van der Waals surface area (Å²) < 4.78 is 21.9. The molecule has 0 amide bonds. The lowest BCUT2D eigenvalue weighted by molar-refractivity contribution is 0.167. The molecule has 0 radical (unpaired) electrons. The summed E-state index contributed by atoms with van der Waals surface area (Å²) in [6.07, 6.45) is 5.06. The molecular formula is C30H37ClFN7O2. The van der Waals surface area contributed by atoms with Gasteiger partial charge in [-0.15, -0.1) is 0 Å². The van der Waals surface area contributed by atoms with Crippen molar-refractivity contribution >= 4 is 28.5 Å². The van der Waals surface area contributed by atoms with Gasteiger partial charge in [0.1, 0.15) is 5.65 Å². The van der Waals surface area contributed by atoms with Gasteiger partial charge in [-0.2, -0.15) is 4.98 Å². The third kappa shape index (κ3) is 7.80. The van der Waals surface area contributed by atoms with Gasteiger partial charge in [-0.1, -0.05) is 23.7 Å². The first-order valence-corrected chi connectivity index (χ1v) is 14.1. The molecular weight excluding hydrogens is 545 g/mol. The summed E-state index contributed by atoms with van der Waals surface area (Å²) in [7, 11) is 1.66. The Morgan fingerprint density at radius 2 is 2.00 bits per heavy atom. The number of unbranched alkanes of at least 4 members (excludes halogenated alkanes) is 1. The van der Waals surface area contributed by atoms with E-state index in [1.807, 2.05) is 24.3 Å². The van der Waals surface area contributed by atoms with Gasteiger partial charge in [-0.25, -0.2) is 9.18 Å². The lowest BCUT2D eigenvalue weighted by atomic mass is 10.0. The van der Waals surface area contributed by atoms with Crippen molar-refractivity contribution in [3.8, 4) is 16.9 Å². The van der Waals surface area contributed by atoms with Crippen molar-refractivity contribution in [1.82, 2.24) is 19.9 Å². The van der Waals surface area contributed by atoms with E-state index in [9.17, 15) is 4.79 Å². The SMILES string of the molecule is COCC(NCCCN=C(C)N)c1ccc(-n2cc3cc(-c4cc(CCCCN)cc(Cl)c4F)[nH]c3nc2=O)cc1. The molecule has 0 bridgehead atoms. The van der Waals surface area contributed by atoms with Crippen molar-refractivity contribution in [2.24, 2.45) is 16.5 Å². The van der Waals surface area contributed by atoms with E-state index in [4.69, 9.17) is 27.8 Å². The fourth-order valence-electron chi connectivity index (χ4n) is 4.70. The molecule has 9 nitrogen and oxygen atoms in total. The van der Waals surface area contributed by atoms with Gasteiger partial charge in [-0.3, -0.25) is 9.56 Å². The van der Waals surface area contributed by atoms with E-state index in [1.54, 1.807) is 38.4 Å². The summed E-state index contributed by atoms with van der Waals surface area (Å²) in [6.45, 7) is 4.29. The number of hydrogen-bond acceptors (Lipinski definition) is 6. The third-order valence-corrected chi connectivity index (χ3v) is 7.07. The molecule has 0 saturated heterocycles. The highest BCUT2D eigenvalue weighted by atomic mass is 35.5. The Bertz CT molecular complexity index is 1550. The number of hydrogen-bond donors (Lipinski definition) is 4. The van der Waals surface area contributed by atoms with Crippen LogP contribution in [-0.2, 0) is 11.2 Å². The first kappa shape index (κ1) is 30.4. The van der Waals surface area contributed by atoms with Crippen LogP contribution in [0.15, 0.2) is 58.4 Å². The lowest BCUT2D eigenvalue weighted by Crippen LogP contribution is -2.27. The number of benzene rings is 2. The van der Waals surface area contributed by atoms with Gasteiger partial charge in [0, 0.05) is 30.8 Å². The van der Waals surface area contributed by atoms with Gasteiger partial charge >= 0.3 is 5.69 Å². The van der Waals surface area contributed by atoms with Crippen molar-refractivity contribution in [2.45, 2.75) is 38.6 Å². The van der Waals surface area contributed by atoms with E-state index >= 15 is 4.39 Å². The summed E-state index contributed by atoms with van der Waals surface area (Å²) in [5.41, 5.74) is 14.6. The largest absolute Gasteiger partial charge is 0.388 e. The van der Waals surface area contributed by atoms with E-state index in [0.717, 1.165) is 43.4 Å². The number of aliphatic imine (C=N–C) groups is 1. The highest BCUT2D eigenvalue weighted by Gasteiger charge is 2.16. The van der Waals surface area contributed by atoms with Crippen LogP contribution < -0.4 is 22.5 Å². The summed E-state index contributed by atoms with van der Waals surface area (Å²) in [5.74, 6) is 0.0562. The van der Waals surface area contributed by atoms with Crippen LogP contribution in [0.3, 0.4) is 0 Å². The minimum Gasteiger partial charge on any atom is -0.388 e. The molecule has 0 spiro atoms. The standard InChI is InChI=1S/C30H37ClFN7O2/c1-19(34)35-12-5-13-36-27(18-41-2)21-7-9-23(10-8-21)39-17-22-16-26(37-29(22)38-30(39)40)24-14-20(6-3-4-11-33)15-25(31)28(24)32/h7-10,14-17,27,36H,3-6,11-13,18,33H2,1-2H3,(H2,34,35)(H,37,38,40). The number of aromatic amines is 1. The smallest absolute Gasteiger partial charge is 0.354 e. The van der Waals surface area contributed by atoms with Crippen molar-refractivity contribution in [3.05, 3.63) is 81.1 Å². The maximum absolute atomic E-state index is 15.0. The van der Waals surface area contributed by atoms with Crippen LogP contribution >= 0.6 is 11.6 Å². The van der Waals surface area contributed by atoms with Gasteiger partial charge in [0.25, 0.3) is 0 Å². The number of aromatic nitrogens is 3. The molecule has 4 aromatic rings. The number of H-pyrrole nitrogens is 1. The molecule has 4 rings (SSSR count). The van der Waals surface area contributed by atoms with Crippen molar-refractivity contribution in [2.75, 3.05) is 33.4 Å². The number of ether oxygens (including phenoxy) is 1. The summed E-state index contributed by atoms with van der Waals surface area (Å²) in [4.78, 5) is 24.5. The van der Waals surface area contributed by atoms with E-state index < -0.39 is 11.5 Å². The van der Waals surface area contributed by atoms with Crippen molar-refractivity contribution in [1.29, 1.82) is 0 Å². The quantitative estimate of drug-likeness (QED) is 0.0983. The fourth-order valence-corrected chi connectivity index (χ4v) is 4.94. The molecule has 2 aromatic carbocycles. The van der Waals surface area contributed by atoms with Gasteiger partial charge in [0.15, 0.2) is 5.82 Å². The average molecular weight is 582 g/mol. The molecule has 1 atom stereocenters. The monoisotopic (exact) mass is 581 g/mol. The third-order valence-electron chi connectivity index (χ3n) is 6.80. The number of methoxy groups -OCH3 is 1. The predicted molar refractivity (Wildman–Crippen MR) is 163 cm³/mol.